The second-order valence-electron chi connectivity index (χ2n) is 6.26. The molecule has 0 unspecified atom stereocenters. The number of anilines is 2. The molecule has 6 nitrogen and oxygen atoms in total. The Hall–Kier alpha value is -3.64. The molecule has 2 amide bonds. The lowest BCUT2D eigenvalue weighted by molar-refractivity contribution is 0.0996. The summed E-state index contributed by atoms with van der Waals surface area (Å²) in [5, 5.41) is 5.86. The summed E-state index contributed by atoms with van der Waals surface area (Å²) < 4.78 is 4.82. The van der Waals surface area contributed by atoms with Gasteiger partial charge in [0.1, 0.15) is 0 Å². The van der Waals surface area contributed by atoms with Gasteiger partial charge in [0.2, 0.25) is 0 Å². The number of rotatable bonds is 6. The molecule has 0 aliphatic rings. The van der Waals surface area contributed by atoms with Crippen molar-refractivity contribution in [2.75, 3.05) is 17.2 Å². The molecule has 0 radical (unpaired) electrons. The van der Waals surface area contributed by atoms with Crippen molar-refractivity contribution in [3.8, 4) is 0 Å². The Kier molecular flexibility index (Phi) is 6.83. The fourth-order valence-electron chi connectivity index (χ4n) is 2.76. The van der Waals surface area contributed by atoms with Crippen LogP contribution in [0.4, 0.5) is 16.2 Å². The summed E-state index contributed by atoms with van der Waals surface area (Å²) in [7, 11) is 0. The molecule has 0 aliphatic carbocycles. The zero-order valence-electron chi connectivity index (χ0n) is 16.1. The third-order valence-corrected chi connectivity index (χ3v) is 4.44. The molecule has 0 bridgehead atoms. The SMILES string of the molecule is CCOC(=O)Nc1ccc(NC(=O)c2ccccc2C(=O)c2ccc(Cl)cc2)cc1. The molecule has 152 valence electrons. The van der Waals surface area contributed by atoms with E-state index in [4.69, 9.17) is 16.3 Å². The van der Waals surface area contributed by atoms with Crippen molar-refractivity contribution in [3.63, 3.8) is 0 Å². The molecular weight excluding hydrogens is 404 g/mol. The van der Waals surface area contributed by atoms with Crippen LogP contribution in [0.2, 0.25) is 5.02 Å². The number of hydrogen-bond donors (Lipinski definition) is 2. The summed E-state index contributed by atoms with van der Waals surface area (Å²) in [5.74, 6) is -0.689. The van der Waals surface area contributed by atoms with E-state index in [0.29, 0.717) is 22.0 Å². The highest BCUT2D eigenvalue weighted by Gasteiger charge is 2.18. The first-order valence-electron chi connectivity index (χ1n) is 9.22. The summed E-state index contributed by atoms with van der Waals surface area (Å²) in [4.78, 5) is 37.1. The van der Waals surface area contributed by atoms with Gasteiger partial charge in [-0.3, -0.25) is 14.9 Å². The second kappa shape index (κ2) is 9.71. The number of amides is 2. The molecular formula is C23H19ClN2O4. The predicted molar refractivity (Wildman–Crippen MR) is 116 cm³/mol. The first-order valence-corrected chi connectivity index (χ1v) is 9.60. The van der Waals surface area contributed by atoms with Crippen molar-refractivity contribution in [1.82, 2.24) is 0 Å². The number of carbonyl (C=O) groups excluding carboxylic acids is 3. The molecule has 0 heterocycles. The van der Waals surface area contributed by atoms with Gasteiger partial charge in [-0.15, -0.1) is 0 Å². The lowest BCUT2D eigenvalue weighted by Gasteiger charge is -2.11. The maximum Gasteiger partial charge on any atom is 0.411 e. The van der Waals surface area contributed by atoms with Crippen LogP contribution in [-0.2, 0) is 4.74 Å². The van der Waals surface area contributed by atoms with Crippen LogP contribution in [0.15, 0.2) is 72.8 Å². The minimum atomic E-state index is -0.552. The van der Waals surface area contributed by atoms with Gasteiger partial charge in [0, 0.05) is 27.5 Å². The van der Waals surface area contributed by atoms with Gasteiger partial charge in [0.25, 0.3) is 5.91 Å². The largest absolute Gasteiger partial charge is 0.450 e. The Morgan fingerprint density at radius 1 is 0.800 bits per heavy atom. The van der Waals surface area contributed by atoms with Gasteiger partial charge in [0.15, 0.2) is 5.78 Å². The van der Waals surface area contributed by atoms with Crippen LogP contribution in [-0.4, -0.2) is 24.4 Å². The summed E-state index contributed by atoms with van der Waals surface area (Å²) in [6.45, 7) is 1.99. The van der Waals surface area contributed by atoms with Gasteiger partial charge in [-0.2, -0.15) is 0 Å². The van der Waals surface area contributed by atoms with E-state index < -0.39 is 12.0 Å². The zero-order chi connectivity index (χ0) is 21.5. The van der Waals surface area contributed by atoms with E-state index in [9.17, 15) is 14.4 Å². The number of carbonyl (C=O) groups is 3. The van der Waals surface area contributed by atoms with E-state index >= 15 is 0 Å². The lowest BCUT2D eigenvalue weighted by Crippen LogP contribution is -2.17. The van der Waals surface area contributed by atoms with Crippen molar-refractivity contribution in [1.29, 1.82) is 0 Å². The van der Waals surface area contributed by atoms with Crippen LogP contribution in [0, 0.1) is 0 Å². The Labute approximate surface area is 178 Å². The van der Waals surface area contributed by atoms with Crippen LogP contribution in [0.3, 0.4) is 0 Å². The fourth-order valence-corrected chi connectivity index (χ4v) is 2.88. The van der Waals surface area contributed by atoms with Gasteiger partial charge < -0.3 is 10.1 Å². The Morgan fingerprint density at radius 3 is 1.97 bits per heavy atom. The van der Waals surface area contributed by atoms with Crippen LogP contribution >= 0.6 is 11.6 Å². The number of halogens is 1. The normalized spacial score (nSPS) is 10.2. The molecule has 2 N–H and O–H groups in total. The average molecular weight is 423 g/mol. The Bertz CT molecular complexity index is 1060. The monoisotopic (exact) mass is 422 g/mol. The number of nitrogens with one attached hydrogen (secondary N) is 2. The number of benzene rings is 3. The molecule has 3 aromatic carbocycles. The van der Waals surface area contributed by atoms with E-state index in [0.717, 1.165) is 0 Å². The molecule has 0 aromatic heterocycles. The van der Waals surface area contributed by atoms with E-state index in [-0.39, 0.29) is 23.5 Å². The van der Waals surface area contributed by atoms with Gasteiger partial charge in [-0.25, -0.2) is 4.79 Å². The maximum absolute atomic E-state index is 12.9. The summed E-state index contributed by atoms with van der Waals surface area (Å²) in [5.41, 5.74) is 2.03. The predicted octanol–water partition coefficient (Wildman–Crippen LogP) is 5.39. The van der Waals surface area contributed by atoms with Crippen LogP contribution < -0.4 is 10.6 Å². The van der Waals surface area contributed by atoms with Crippen LogP contribution in [0.5, 0.6) is 0 Å². The molecule has 30 heavy (non-hydrogen) atoms. The van der Waals surface area contributed by atoms with Crippen molar-refractivity contribution in [2.45, 2.75) is 6.92 Å². The maximum atomic E-state index is 12.9. The molecule has 0 aliphatic heterocycles. The molecule has 3 aromatic rings. The van der Waals surface area contributed by atoms with Crippen molar-refractivity contribution < 1.29 is 19.1 Å². The van der Waals surface area contributed by atoms with E-state index in [2.05, 4.69) is 10.6 Å². The second-order valence-corrected chi connectivity index (χ2v) is 6.69. The van der Waals surface area contributed by atoms with Crippen molar-refractivity contribution in [2.24, 2.45) is 0 Å². The molecule has 0 saturated carbocycles. The number of hydrogen-bond acceptors (Lipinski definition) is 4. The highest BCUT2D eigenvalue weighted by molar-refractivity contribution is 6.30. The Morgan fingerprint density at radius 2 is 1.37 bits per heavy atom. The molecule has 7 heteroatoms. The van der Waals surface area contributed by atoms with E-state index in [1.165, 1.54) is 0 Å². The number of ether oxygens (including phenoxy) is 1. The van der Waals surface area contributed by atoms with Gasteiger partial charge in [-0.05, 0) is 61.5 Å². The van der Waals surface area contributed by atoms with Crippen molar-refractivity contribution >= 4 is 40.8 Å². The van der Waals surface area contributed by atoms with Crippen molar-refractivity contribution in [3.05, 3.63) is 94.5 Å². The zero-order valence-corrected chi connectivity index (χ0v) is 16.9. The molecule has 3 rings (SSSR count). The molecule has 0 saturated heterocycles. The molecule has 0 atom stereocenters. The van der Waals surface area contributed by atoms with Gasteiger partial charge >= 0.3 is 6.09 Å². The molecule has 0 fully saturated rings. The minimum Gasteiger partial charge on any atom is -0.450 e. The summed E-state index contributed by atoms with van der Waals surface area (Å²) in [6.07, 6.45) is -0.552. The van der Waals surface area contributed by atoms with Crippen LogP contribution in [0.25, 0.3) is 0 Å². The topological polar surface area (TPSA) is 84.5 Å². The highest BCUT2D eigenvalue weighted by Crippen LogP contribution is 2.19. The van der Waals surface area contributed by atoms with E-state index in [1.54, 1.807) is 79.7 Å². The summed E-state index contributed by atoms with van der Waals surface area (Å²) >= 11 is 5.88. The molecule has 0 spiro atoms. The third-order valence-electron chi connectivity index (χ3n) is 4.19. The Balaban J connectivity index is 1.75. The lowest BCUT2D eigenvalue weighted by atomic mass is 9.98. The van der Waals surface area contributed by atoms with Gasteiger partial charge in [0.05, 0.1) is 12.2 Å². The van der Waals surface area contributed by atoms with Crippen LogP contribution in [0.1, 0.15) is 33.2 Å². The average Bonchev–Trinajstić information content (AvgIpc) is 2.75. The first kappa shape index (κ1) is 21.1. The smallest absolute Gasteiger partial charge is 0.411 e. The van der Waals surface area contributed by atoms with E-state index in [1.807, 2.05) is 0 Å². The fraction of sp³-hybridized carbons (Fsp3) is 0.0870. The quantitative estimate of drug-likeness (QED) is 0.521. The van der Waals surface area contributed by atoms with Gasteiger partial charge in [-0.1, -0.05) is 29.8 Å². The first-order chi connectivity index (χ1) is 14.5. The summed E-state index contributed by atoms with van der Waals surface area (Å²) in [6, 6.07) is 19.7. The number of ketones is 1. The standard InChI is InChI=1S/C23H19ClN2O4/c1-2-30-23(29)26-18-13-11-17(12-14-18)25-22(28)20-6-4-3-5-19(20)21(27)15-7-9-16(24)10-8-15/h3-14H,2H2,1H3,(H,25,28)(H,26,29). The highest BCUT2D eigenvalue weighted by atomic mass is 35.5. The minimum absolute atomic E-state index is 0.256. The third kappa shape index (κ3) is 5.24.